The highest BCUT2D eigenvalue weighted by Crippen LogP contribution is 2.32. The van der Waals surface area contributed by atoms with Gasteiger partial charge in [0.25, 0.3) is 0 Å². The van der Waals surface area contributed by atoms with Crippen molar-refractivity contribution in [2.45, 2.75) is 63.9 Å². The molecule has 19 heavy (non-hydrogen) atoms. The van der Waals surface area contributed by atoms with Gasteiger partial charge in [0.1, 0.15) is 6.04 Å². The number of carbonyl (C=O) groups excluding carboxylic acids is 1. The van der Waals surface area contributed by atoms with E-state index in [1.54, 1.807) is 11.8 Å². The Labute approximate surface area is 119 Å². The number of hydrogen-bond acceptors (Lipinski definition) is 3. The molecule has 1 fully saturated rings. The molecule has 0 aliphatic carbocycles. The molecular weight excluding hydrogens is 264 g/mol. The van der Waals surface area contributed by atoms with Crippen LogP contribution in [0, 0.1) is 0 Å². The molecule has 1 aliphatic rings. The number of carboxylic acids is 1. The van der Waals surface area contributed by atoms with Gasteiger partial charge in [-0.2, -0.15) is 0 Å². The van der Waals surface area contributed by atoms with Crippen LogP contribution in [0.4, 0.5) is 4.79 Å². The van der Waals surface area contributed by atoms with Gasteiger partial charge in [-0.05, 0) is 19.8 Å². The summed E-state index contributed by atoms with van der Waals surface area (Å²) in [5.74, 6) is -0.431. The van der Waals surface area contributed by atoms with E-state index in [0.717, 1.165) is 25.7 Å². The van der Waals surface area contributed by atoms with E-state index in [1.165, 1.54) is 4.90 Å². The van der Waals surface area contributed by atoms with Gasteiger partial charge in [0.05, 0.1) is 5.37 Å². The van der Waals surface area contributed by atoms with Crippen LogP contribution >= 0.6 is 11.8 Å². The second-order valence-electron chi connectivity index (χ2n) is 4.98. The minimum atomic E-state index is -0.913. The monoisotopic (exact) mass is 288 g/mol. The molecule has 3 atom stereocenters. The van der Waals surface area contributed by atoms with E-state index < -0.39 is 12.0 Å². The summed E-state index contributed by atoms with van der Waals surface area (Å²) in [7, 11) is 0. The van der Waals surface area contributed by atoms with Crippen LogP contribution < -0.4 is 5.32 Å². The summed E-state index contributed by atoms with van der Waals surface area (Å²) in [5.41, 5.74) is 0. The van der Waals surface area contributed by atoms with Gasteiger partial charge >= 0.3 is 12.0 Å². The first-order valence-electron chi connectivity index (χ1n) is 6.94. The molecule has 110 valence electrons. The van der Waals surface area contributed by atoms with Crippen molar-refractivity contribution in [3.63, 3.8) is 0 Å². The van der Waals surface area contributed by atoms with Crippen molar-refractivity contribution >= 4 is 23.8 Å². The van der Waals surface area contributed by atoms with E-state index >= 15 is 0 Å². The third-order valence-corrected chi connectivity index (χ3v) is 4.60. The molecule has 0 aromatic rings. The molecule has 6 heteroatoms. The Kier molecular flexibility index (Phi) is 6.48. The quantitative estimate of drug-likeness (QED) is 0.788. The highest BCUT2D eigenvalue weighted by Gasteiger charge is 2.41. The lowest BCUT2D eigenvalue weighted by Gasteiger charge is -2.28. The van der Waals surface area contributed by atoms with Gasteiger partial charge in [-0.25, -0.2) is 9.59 Å². The second-order valence-corrected chi connectivity index (χ2v) is 6.19. The molecule has 1 heterocycles. The van der Waals surface area contributed by atoms with E-state index in [-0.39, 0.29) is 17.4 Å². The molecule has 2 amide bonds. The number of carboxylic acid groups (broad SMARTS) is 1. The maximum absolute atomic E-state index is 12.3. The van der Waals surface area contributed by atoms with Gasteiger partial charge in [0, 0.05) is 11.8 Å². The van der Waals surface area contributed by atoms with Crippen molar-refractivity contribution in [3.8, 4) is 0 Å². The average molecular weight is 288 g/mol. The molecule has 1 aliphatic heterocycles. The first kappa shape index (κ1) is 16.1. The number of thioether (sulfide) groups is 1. The number of aliphatic carboxylic acids is 1. The Morgan fingerprint density at radius 2 is 2.11 bits per heavy atom. The number of nitrogens with zero attached hydrogens (tertiary/aromatic N) is 1. The van der Waals surface area contributed by atoms with Gasteiger partial charge in [-0.1, -0.05) is 26.7 Å². The summed E-state index contributed by atoms with van der Waals surface area (Å²) in [6, 6.07) is -0.855. The van der Waals surface area contributed by atoms with Crippen molar-refractivity contribution < 1.29 is 14.7 Å². The lowest BCUT2D eigenvalue weighted by Crippen LogP contribution is -2.52. The first-order chi connectivity index (χ1) is 9.01. The third kappa shape index (κ3) is 4.30. The third-order valence-electron chi connectivity index (χ3n) is 3.24. The molecule has 0 aromatic carbocycles. The lowest BCUT2D eigenvalue weighted by molar-refractivity contribution is -0.141. The minimum Gasteiger partial charge on any atom is -0.480 e. The van der Waals surface area contributed by atoms with Crippen molar-refractivity contribution in [1.29, 1.82) is 0 Å². The van der Waals surface area contributed by atoms with Gasteiger partial charge in [0.2, 0.25) is 0 Å². The number of nitrogens with one attached hydrogen (secondary N) is 1. The Bertz CT molecular complexity index is 325. The fraction of sp³-hybridized carbons (Fsp3) is 0.846. The summed E-state index contributed by atoms with van der Waals surface area (Å²) >= 11 is 1.56. The van der Waals surface area contributed by atoms with Crippen LogP contribution in [0.5, 0.6) is 0 Å². The smallest absolute Gasteiger partial charge is 0.327 e. The fourth-order valence-corrected chi connectivity index (χ4v) is 3.80. The number of hydrogen-bond donors (Lipinski definition) is 2. The first-order valence-corrected chi connectivity index (χ1v) is 7.99. The Morgan fingerprint density at radius 1 is 1.42 bits per heavy atom. The molecule has 1 rings (SSSR count). The highest BCUT2D eigenvalue weighted by atomic mass is 32.2. The largest absolute Gasteiger partial charge is 0.480 e. The number of carbonyl (C=O) groups is 2. The number of amides is 2. The number of urea groups is 1. The molecule has 0 bridgehead atoms. The van der Waals surface area contributed by atoms with Crippen LogP contribution in [-0.4, -0.2) is 45.2 Å². The van der Waals surface area contributed by atoms with Crippen LogP contribution in [0.2, 0.25) is 0 Å². The zero-order valence-electron chi connectivity index (χ0n) is 11.9. The van der Waals surface area contributed by atoms with Crippen LogP contribution in [0.15, 0.2) is 0 Å². The summed E-state index contributed by atoms with van der Waals surface area (Å²) in [4.78, 5) is 25.0. The summed E-state index contributed by atoms with van der Waals surface area (Å²) in [6.45, 7) is 6.06. The molecule has 2 N–H and O–H groups in total. The fourth-order valence-electron chi connectivity index (χ4n) is 2.29. The SMILES string of the molecule is CCCC(C)NC(=O)N1C(CCC)SCC1C(=O)O. The molecule has 1 saturated heterocycles. The molecular formula is C13H24N2O3S. The van der Waals surface area contributed by atoms with Crippen molar-refractivity contribution in [3.05, 3.63) is 0 Å². The predicted molar refractivity (Wildman–Crippen MR) is 77.3 cm³/mol. The number of rotatable bonds is 6. The minimum absolute atomic E-state index is 0.0140. The summed E-state index contributed by atoms with van der Waals surface area (Å²) in [5, 5.41) is 12.1. The van der Waals surface area contributed by atoms with E-state index in [9.17, 15) is 14.7 Å². The predicted octanol–water partition coefficient (Wildman–Crippen LogP) is 2.51. The second kappa shape index (κ2) is 7.62. The van der Waals surface area contributed by atoms with Crippen LogP contribution in [0.1, 0.15) is 46.5 Å². The van der Waals surface area contributed by atoms with E-state index in [1.807, 2.05) is 13.8 Å². The van der Waals surface area contributed by atoms with E-state index in [4.69, 9.17) is 0 Å². The van der Waals surface area contributed by atoms with Crippen LogP contribution in [-0.2, 0) is 4.79 Å². The van der Waals surface area contributed by atoms with Crippen molar-refractivity contribution in [2.24, 2.45) is 0 Å². The molecule has 3 unspecified atom stereocenters. The Hall–Kier alpha value is -0.910. The summed E-state index contributed by atoms with van der Waals surface area (Å²) in [6.07, 6.45) is 3.68. The maximum Gasteiger partial charge on any atom is 0.327 e. The van der Waals surface area contributed by atoms with Crippen LogP contribution in [0.25, 0.3) is 0 Å². The maximum atomic E-state index is 12.3. The van der Waals surface area contributed by atoms with E-state index in [0.29, 0.717) is 5.75 Å². The standard InChI is InChI=1S/C13H24N2O3S/c1-4-6-9(3)14-13(18)15-10(12(16)17)8-19-11(15)7-5-2/h9-11H,4-8H2,1-3H3,(H,14,18)(H,16,17). The highest BCUT2D eigenvalue weighted by molar-refractivity contribution is 8.00. The average Bonchev–Trinajstić information content (AvgIpc) is 2.73. The molecule has 0 aromatic heterocycles. The Balaban J connectivity index is 2.71. The van der Waals surface area contributed by atoms with Gasteiger partial charge in [0.15, 0.2) is 0 Å². The Morgan fingerprint density at radius 3 is 2.63 bits per heavy atom. The van der Waals surface area contributed by atoms with Crippen LogP contribution in [0.3, 0.4) is 0 Å². The molecule has 0 saturated carbocycles. The van der Waals surface area contributed by atoms with Gasteiger partial charge in [-0.15, -0.1) is 11.8 Å². The summed E-state index contributed by atoms with van der Waals surface area (Å²) < 4.78 is 0. The van der Waals surface area contributed by atoms with Crippen molar-refractivity contribution in [2.75, 3.05) is 5.75 Å². The molecule has 5 nitrogen and oxygen atoms in total. The van der Waals surface area contributed by atoms with Gasteiger partial charge < -0.3 is 10.4 Å². The zero-order chi connectivity index (χ0) is 14.4. The van der Waals surface area contributed by atoms with E-state index in [2.05, 4.69) is 12.2 Å². The molecule has 0 radical (unpaired) electrons. The topological polar surface area (TPSA) is 69.6 Å². The van der Waals surface area contributed by atoms with Gasteiger partial charge in [-0.3, -0.25) is 4.90 Å². The normalized spacial score (nSPS) is 24.3. The van der Waals surface area contributed by atoms with Crippen molar-refractivity contribution in [1.82, 2.24) is 10.2 Å². The zero-order valence-corrected chi connectivity index (χ0v) is 12.7. The molecule has 0 spiro atoms. The lowest BCUT2D eigenvalue weighted by atomic mass is 10.2.